The lowest BCUT2D eigenvalue weighted by Gasteiger charge is -2.20. The lowest BCUT2D eigenvalue weighted by molar-refractivity contribution is 0.446. The van der Waals surface area contributed by atoms with E-state index in [-0.39, 0.29) is 6.04 Å². The lowest BCUT2D eigenvalue weighted by atomic mass is 10.1. The second-order valence-electron chi connectivity index (χ2n) is 4.50. The summed E-state index contributed by atoms with van der Waals surface area (Å²) in [6.45, 7) is 7.62. The number of nitrogens with zero attached hydrogens (tertiary/aromatic N) is 2. The fourth-order valence-electron chi connectivity index (χ4n) is 2.29. The highest BCUT2D eigenvalue weighted by molar-refractivity contribution is 5.21. The fraction of sp³-hybridized carbons (Fsp3) is 0.727. The van der Waals surface area contributed by atoms with E-state index >= 15 is 0 Å². The molecule has 78 valence electrons. The normalized spacial score (nSPS) is 21.4. The van der Waals surface area contributed by atoms with E-state index in [1.807, 2.05) is 0 Å². The van der Waals surface area contributed by atoms with E-state index in [2.05, 4.69) is 30.3 Å². The smallest absolute Gasteiger partial charge is 0.126 e. The minimum atomic E-state index is 0.148. The van der Waals surface area contributed by atoms with Gasteiger partial charge < -0.3 is 10.3 Å². The van der Waals surface area contributed by atoms with Crippen LogP contribution in [0, 0.1) is 6.92 Å². The first-order valence-corrected chi connectivity index (χ1v) is 5.43. The molecule has 2 rings (SSSR count). The SMILES string of the molecule is Cc1c(C(C)C)nc2n1CCCC2N. The molecule has 1 aliphatic rings. The van der Waals surface area contributed by atoms with Crippen LogP contribution < -0.4 is 5.73 Å². The van der Waals surface area contributed by atoms with Gasteiger partial charge in [0, 0.05) is 12.2 Å². The van der Waals surface area contributed by atoms with Crippen molar-refractivity contribution in [1.29, 1.82) is 0 Å². The molecule has 0 saturated heterocycles. The number of imidazole rings is 1. The first-order valence-electron chi connectivity index (χ1n) is 5.43. The van der Waals surface area contributed by atoms with Crippen LogP contribution in [0.5, 0.6) is 0 Å². The molecule has 0 aliphatic carbocycles. The van der Waals surface area contributed by atoms with E-state index in [0.29, 0.717) is 5.92 Å². The van der Waals surface area contributed by atoms with Crippen LogP contribution in [0.25, 0.3) is 0 Å². The second-order valence-corrected chi connectivity index (χ2v) is 4.50. The van der Waals surface area contributed by atoms with Gasteiger partial charge in [-0.15, -0.1) is 0 Å². The largest absolute Gasteiger partial charge is 0.331 e. The Labute approximate surface area is 85.3 Å². The predicted octanol–water partition coefficient (Wildman–Crippen LogP) is 2.11. The minimum absolute atomic E-state index is 0.148. The summed E-state index contributed by atoms with van der Waals surface area (Å²) < 4.78 is 2.30. The maximum atomic E-state index is 6.05. The molecule has 3 nitrogen and oxygen atoms in total. The summed E-state index contributed by atoms with van der Waals surface area (Å²) in [5.74, 6) is 1.60. The maximum Gasteiger partial charge on any atom is 0.126 e. The summed E-state index contributed by atoms with van der Waals surface area (Å²) in [7, 11) is 0. The number of rotatable bonds is 1. The van der Waals surface area contributed by atoms with Crippen molar-refractivity contribution in [2.75, 3.05) is 0 Å². The van der Waals surface area contributed by atoms with E-state index in [1.54, 1.807) is 0 Å². The summed E-state index contributed by atoms with van der Waals surface area (Å²) in [6, 6.07) is 0.148. The molecule has 14 heavy (non-hydrogen) atoms. The first kappa shape index (κ1) is 9.71. The van der Waals surface area contributed by atoms with Crippen molar-refractivity contribution in [2.24, 2.45) is 5.73 Å². The van der Waals surface area contributed by atoms with Gasteiger partial charge in [0.05, 0.1) is 11.7 Å². The van der Waals surface area contributed by atoms with Gasteiger partial charge in [0.25, 0.3) is 0 Å². The molecule has 1 aliphatic heterocycles. The van der Waals surface area contributed by atoms with Crippen molar-refractivity contribution in [3.05, 3.63) is 17.2 Å². The van der Waals surface area contributed by atoms with Crippen LogP contribution in [0.3, 0.4) is 0 Å². The van der Waals surface area contributed by atoms with Crippen molar-refractivity contribution >= 4 is 0 Å². The van der Waals surface area contributed by atoms with Gasteiger partial charge in [-0.1, -0.05) is 13.8 Å². The molecule has 1 aromatic heterocycles. The molecule has 0 spiro atoms. The molecule has 1 unspecified atom stereocenters. The Morgan fingerprint density at radius 2 is 2.21 bits per heavy atom. The Bertz CT molecular complexity index is 339. The second kappa shape index (κ2) is 3.39. The maximum absolute atomic E-state index is 6.05. The average Bonchev–Trinajstić information content (AvgIpc) is 2.46. The van der Waals surface area contributed by atoms with E-state index < -0.39 is 0 Å². The third kappa shape index (κ3) is 1.36. The molecular weight excluding hydrogens is 174 g/mol. The van der Waals surface area contributed by atoms with Gasteiger partial charge in [0.15, 0.2) is 0 Å². The third-order valence-electron chi connectivity index (χ3n) is 3.06. The van der Waals surface area contributed by atoms with Gasteiger partial charge >= 0.3 is 0 Å². The van der Waals surface area contributed by atoms with Crippen LogP contribution >= 0.6 is 0 Å². The Hall–Kier alpha value is -0.830. The molecule has 1 atom stereocenters. The van der Waals surface area contributed by atoms with Gasteiger partial charge in [-0.3, -0.25) is 0 Å². The zero-order valence-corrected chi connectivity index (χ0v) is 9.25. The summed E-state index contributed by atoms with van der Waals surface area (Å²) in [6.07, 6.45) is 2.26. The molecular formula is C11H19N3. The molecule has 0 saturated carbocycles. The van der Waals surface area contributed by atoms with Crippen LogP contribution in [0.4, 0.5) is 0 Å². The molecule has 2 heterocycles. The Morgan fingerprint density at radius 3 is 2.79 bits per heavy atom. The highest BCUT2D eigenvalue weighted by Gasteiger charge is 2.23. The van der Waals surface area contributed by atoms with Gasteiger partial charge in [0.2, 0.25) is 0 Å². The predicted molar refractivity (Wildman–Crippen MR) is 57.2 cm³/mol. The van der Waals surface area contributed by atoms with E-state index in [4.69, 9.17) is 5.73 Å². The van der Waals surface area contributed by atoms with Crippen LogP contribution in [0.1, 0.15) is 55.9 Å². The van der Waals surface area contributed by atoms with Crippen molar-refractivity contribution in [1.82, 2.24) is 9.55 Å². The Kier molecular flexibility index (Phi) is 2.35. The Morgan fingerprint density at radius 1 is 1.50 bits per heavy atom. The summed E-state index contributed by atoms with van der Waals surface area (Å²) in [4.78, 5) is 4.67. The number of hydrogen-bond donors (Lipinski definition) is 1. The average molecular weight is 193 g/mol. The van der Waals surface area contributed by atoms with Gasteiger partial charge in [-0.2, -0.15) is 0 Å². The number of fused-ring (bicyclic) bond motifs is 1. The third-order valence-corrected chi connectivity index (χ3v) is 3.06. The van der Waals surface area contributed by atoms with E-state index in [1.165, 1.54) is 17.8 Å². The van der Waals surface area contributed by atoms with Crippen molar-refractivity contribution in [3.8, 4) is 0 Å². The molecule has 1 aromatic rings. The monoisotopic (exact) mass is 193 g/mol. The van der Waals surface area contributed by atoms with Crippen molar-refractivity contribution in [2.45, 2.75) is 52.1 Å². The van der Waals surface area contributed by atoms with E-state index in [9.17, 15) is 0 Å². The van der Waals surface area contributed by atoms with Crippen LogP contribution in [0.15, 0.2) is 0 Å². The van der Waals surface area contributed by atoms with Gasteiger partial charge in [0.1, 0.15) is 5.82 Å². The highest BCUT2D eigenvalue weighted by atomic mass is 15.1. The van der Waals surface area contributed by atoms with Crippen LogP contribution in [0.2, 0.25) is 0 Å². The summed E-state index contributed by atoms with van der Waals surface area (Å²) in [5, 5.41) is 0. The first-order chi connectivity index (χ1) is 6.61. The van der Waals surface area contributed by atoms with Crippen LogP contribution in [-0.4, -0.2) is 9.55 Å². The zero-order valence-electron chi connectivity index (χ0n) is 9.25. The van der Waals surface area contributed by atoms with Gasteiger partial charge in [-0.05, 0) is 25.7 Å². The molecule has 3 heteroatoms. The topological polar surface area (TPSA) is 43.8 Å². The molecule has 0 aromatic carbocycles. The molecule has 2 N–H and O–H groups in total. The van der Waals surface area contributed by atoms with E-state index in [0.717, 1.165) is 18.8 Å². The number of nitrogens with two attached hydrogens (primary N) is 1. The Balaban J connectivity index is 2.49. The summed E-state index contributed by atoms with van der Waals surface area (Å²) in [5.41, 5.74) is 8.58. The highest BCUT2D eigenvalue weighted by Crippen LogP contribution is 2.28. The van der Waals surface area contributed by atoms with Crippen molar-refractivity contribution < 1.29 is 0 Å². The quantitative estimate of drug-likeness (QED) is 0.742. The standard InChI is InChI=1S/C11H19N3/c1-7(2)10-8(3)14-6-4-5-9(12)11(14)13-10/h7,9H,4-6,12H2,1-3H3. The van der Waals surface area contributed by atoms with Crippen molar-refractivity contribution in [3.63, 3.8) is 0 Å². The molecule has 0 amide bonds. The van der Waals surface area contributed by atoms with Gasteiger partial charge in [-0.25, -0.2) is 4.98 Å². The molecule has 0 bridgehead atoms. The van der Waals surface area contributed by atoms with Crippen LogP contribution in [-0.2, 0) is 6.54 Å². The molecule has 0 fully saturated rings. The molecule has 0 radical (unpaired) electrons. The number of aromatic nitrogens is 2. The lowest BCUT2D eigenvalue weighted by Crippen LogP contribution is -2.22. The fourth-order valence-corrected chi connectivity index (χ4v) is 2.29. The summed E-state index contributed by atoms with van der Waals surface area (Å²) >= 11 is 0. The zero-order chi connectivity index (χ0) is 10.3. The number of hydrogen-bond acceptors (Lipinski definition) is 2. The minimum Gasteiger partial charge on any atom is -0.331 e.